The van der Waals surface area contributed by atoms with Crippen molar-refractivity contribution in [2.75, 3.05) is 4.90 Å². The summed E-state index contributed by atoms with van der Waals surface area (Å²) in [6.07, 6.45) is 7.06. The molecule has 4 saturated carbocycles. The van der Waals surface area contributed by atoms with Crippen molar-refractivity contribution in [2.45, 2.75) is 37.5 Å². The predicted octanol–water partition coefficient (Wildman–Crippen LogP) is 12.9. The minimum atomic E-state index is 0.137. The van der Waals surface area contributed by atoms with Crippen molar-refractivity contribution >= 4 is 38.6 Å². The fourth-order valence-electron chi connectivity index (χ4n) is 11.4. The Morgan fingerprint density at radius 3 is 1.78 bits per heavy atom. The molecule has 5 aliphatic carbocycles. The molecule has 0 atom stereocenters. The van der Waals surface area contributed by atoms with Crippen molar-refractivity contribution in [2.24, 2.45) is 23.7 Å². The Morgan fingerprint density at radius 2 is 1.00 bits per heavy atom. The number of rotatable bonds is 4. The summed E-state index contributed by atoms with van der Waals surface area (Å²) < 4.78 is 0. The monoisotopic (exact) mass is 629 g/mol. The molecule has 7 aromatic carbocycles. The standard InChI is InChI=1S/C48H39N/c1-3-13-40-33(9-1)11-7-16-41(40)35-19-21-38(22-20-35)49(47-18-8-12-34-10-2-4-14-42(34)47)39-23-24-44-43-15-5-6-17-45(43)48(46(44)30-39)36-26-31-25-32(28-36)29-37(48)27-31/h1-24,30-32,36-37H,25-29H2. The van der Waals surface area contributed by atoms with Crippen molar-refractivity contribution in [3.8, 4) is 22.3 Å². The molecule has 4 fully saturated rings. The Morgan fingerprint density at radius 1 is 0.429 bits per heavy atom. The van der Waals surface area contributed by atoms with Crippen LogP contribution in [0.15, 0.2) is 152 Å². The van der Waals surface area contributed by atoms with E-state index in [9.17, 15) is 0 Å². The maximum absolute atomic E-state index is 2.62. The zero-order chi connectivity index (χ0) is 32.1. The van der Waals surface area contributed by atoms with Crippen LogP contribution in [0.1, 0.15) is 43.2 Å². The predicted molar refractivity (Wildman–Crippen MR) is 205 cm³/mol. The Hall–Kier alpha value is -5.14. The van der Waals surface area contributed by atoms with Crippen molar-refractivity contribution in [3.63, 3.8) is 0 Å². The van der Waals surface area contributed by atoms with Gasteiger partial charge >= 0.3 is 0 Å². The van der Waals surface area contributed by atoms with Crippen molar-refractivity contribution in [3.05, 3.63) is 163 Å². The van der Waals surface area contributed by atoms with Crippen LogP contribution in [0.4, 0.5) is 17.1 Å². The van der Waals surface area contributed by atoms with Crippen LogP contribution in [-0.4, -0.2) is 0 Å². The smallest absolute Gasteiger partial charge is 0.0540 e. The summed E-state index contributed by atoms with van der Waals surface area (Å²) in [6.45, 7) is 0. The summed E-state index contributed by atoms with van der Waals surface area (Å²) in [5.74, 6) is 3.35. The molecule has 0 amide bonds. The maximum atomic E-state index is 2.62. The van der Waals surface area contributed by atoms with Crippen LogP contribution in [-0.2, 0) is 5.41 Å². The number of hydrogen-bond donors (Lipinski definition) is 0. The van der Waals surface area contributed by atoms with Gasteiger partial charge in [0.1, 0.15) is 0 Å². The van der Waals surface area contributed by atoms with Gasteiger partial charge in [-0.3, -0.25) is 0 Å². The van der Waals surface area contributed by atoms with Crippen LogP contribution >= 0.6 is 0 Å². The molecule has 0 aliphatic heterocycles. The number of nitrogens with zero attached hydrogens (tertiary/aromatic N) is 1. The summed E-state index contributed by atoms with van der Waals surface area (Å²) in [6, 6.07) is 57.2. The van der Waals surface area contributed by atoms with Gasteiger partial charge in [-0.1, -0.05) is 121 Å². The van der Waals surface area contributed by atoms with Crippen molar-refractivity contribution in [1.82, 2.24) is 0 Å². The van der Waals surface area contributed by atoms with Crippen LogP contribution in [0.5, 0.6) is 0 Å². The molecule has 0 radical (unpaired) electrons. The fourth-order valence-corrected chi connectivity index (χ4v) is 11.4. The van der Waals surface area contributed by atoms with Crippen LogP contribution in [0.2, 0.25) is 0 Å². The average Bonchev–Trinajstić information content (AvgIpc) is 3.44. The summed E-state index contributed by atoms with van der Waals surface area (Å²) in [5, 5.41) is 5.11. The van der Waals surface area contributed by atoms with Gasteiger partial charge in [0, 0.05) is 22.2 Å². The van der Waals surface area contributed by atoms with Gasteiger partial charge in [-0.15, -0.1) is 0 Å². The zero-order valence-electron chi connectivity index (χ0n) is 27.7. The van der Waals surface area contributed by atoms with E-state index in [0.717, 1.165) is 23.7 Å². The summed E-state index contributed by atoms with van der Waals surface area (Å²) in [4.78, 5) is 2.53. The summed E-state index contributed by atoms with van der Waals surface area (Å²) in [5.41, 5.74) is 12.5. The van der Waals surface area contributed by atoms with Gasteiger partial charge in [-0.05, 0) is 136 Å². The van der Waals surface area contributed by atoms with E-state index in [2.05, 4.69) is 157 Å². The average molecular weight is 630 g/mol. The Bertz CT molecular complexity index is 2380. The van der Waals surface area contributed by atoms with Crippen LogP contribution in [0.25, 0.3) is 43.8 Å². The largest absolute Gasteiger partial charge is 0.310 e. The van der Waals surface area contributed by atoms with E-state index in [-0.39, 0.29) is 5.41 Å². The van der Waals surface area contributed by atoms with Crippen LogP contribution in [0.3, 0.4) is 0 Å². The molecule has 0 unspecified atom stereocenters. The van der Waals surface area contributed by atoms with Gasteiger partial charge < -0.3 is 4.90 Å². The second-order valence-electron chi connectivity index (χ2n) is 15.4. The SMILES string of the molecule is c1ccc2c(c1)-c1ccc(N(c3ccc(-c4cccc5ccccc45)cc3)c3cccc4ccccc34)cc1C21C2CC3CC(C2)CC1C3. The highest BCUT2D eigenvalue weighted by Crippen LogP contribution is 2.69. The highest BCUT2D eigenvalue weighted by atomic mass is 15.1. The van der Waals surface area contributed by atoms with E-state index in [1.54, 1.807) is 11.1 Å². The maximum Gasteiger partial charge on any atom is 0.0540 e. The number of fused-ring (bicyclic) bond motifs is 5. The third-order valence-electron chi connectivity index (χ3n) is 13.0. The van der Waals surface area contributed by atoms with Crippen molar-refractivity contribution < 1.29 is 0 Å². The van der Waals surface area contributed by atoms with Gasteiger partial charge in [0.05, 0.1) is 5.69 Å². The second-order valence-corrected chi connectivity index (χ2v) is 15.4. The molecule has 12 rings (SSSR count). The fraction of sp³-hybridized carbons (Fsp3) is 0.208. The van der Waals surface area contributed by atoms with E-state index in [1.165, 1.54) is 93.0 Å². The Balaban J connectivity index is 1.11. The molecule has 49 heavy (non-hydrogen) atoms. The zero-order valence-corrected chi connectivity index (χ0v) is 27.7. The third kappa shape index (κ3) is 3.93. The molecule has 1 nitrogen and oxygen atoms in total. The Labute approximate surface area is 288 Å². The first-order chi connectivity index (χ1) is 24.3. The minimum Gasteiger partial charge on any atom is -0.310 e. The van der Waals surface area contributed by atoms with E-state index >= 15 is 0 Å². The number of anilines is 3. The normalized spacial score (nSPS) is 24.4. The molecule has 5 aliphatic rings. The Kier molecular flexibility index (Phi) is 5.91. The van der Waals surface area contributed by atoms with Gasteiger partial charge in [0.15, 0.2) is 0 Å². The van der Waals surface area contributed by atoms with Crippen molar-refractivity contribution in [1.29, 1.82) is 0 Å². The lowest BCUT2D eigenvalue weighted by Crippen LogP contribution is -2.55. The second kappa shape index (κ2) is 10.4. The molecule has 236 valence electrons. The number of benzene rings is 7. The number of hydrogen-bond acceptors (Lipinski definition) is 1. The highest BCUT2D eigenvalue weighted by Gasteiger charge is 2.61. The van der Waals surface area contributed by atoms with Gasteiger partial charge in [0.2, 0.25) is 0 Å². The molecule has 1 heteroatoms. The topological polar surface area (TPSA) is 3.24 Å². The van der Waals surface area contributed by atoms with E-state index in [0.29, 0.717) is 0 Å². The molecule has 0 heterocycles. The lowest BCUT2D eigenvalue weighted by molar-refractivity contribution is -0.0399. The molecule has 1 spiro atoms. The lowest BCUT2D eigenvalue weighted by atomic mass is 9.43. The van der Waals surface area contributed by atoms with Crippen LogP contribution in [0, 0.1) is 23.7 Å². The van der Waals surface area contributed by atoms with Gasteiger partial charge in [-0.25, -0.2) is 0 Å². The van der Waals surface area contributed by atoms with Gasteiger partial charge in [-0.2, -0.15) is 0 Å². The molecular formula is C48H39N. The quantitative estimate of drug-likeness (QED) is 0.187. The lowest BCUT2D eigenvalue weighted by Gasteiger charge is -2.61. The van der Waals surface area contributed by atoms with E-state index in [4.69, 9.17) is 0 Å². The highest BCUT2D eigenvalue weighted by molar-refractivity contribution is 6.00. The molecule has 0 aromatic heterocycles. The van der Waals surface area contributed by atoms with E-state index < -0.39 is 0 Å². The first kappa shape index (κ1) is 27.8. The molecular weight excluding hydrogens is 591 g/mol. The molecule has 0 saturated heterocycles. The molecule has 0 N–H and O–H groups in total. The van der Waals surface area contributed by atoms with E-state index in [1.807, 2.05) is 0 Å². The minimum absolute atomic E-state index is 0.137. The first-order valence-electron chi connectivity index (χ1n) is 18.4. The first-order valence-corrected chi connectivity index (χ1v) is 18.4. The molecule has 7 aromatic rings. The van der Waals surface area contributed by atoms with Gasteiger partial charge in [0.25, 0.3) is 0 Å². The van der Waals surface area contributed by atoms with Crippen LogP contribution < -0.4 is 4.90 Å². The molecule has 4 bridgehead atoms. The summed E-state index contributed by atoms with van der Waals surface area (Å²) >= 11 is 0. The third-order valence-corrected chi connectivity index (χ3v) is 13.0. The summed E-state index contributed by atoms with van der Waals surface area (Å²) in [7, 11) is 0.